The van der Waals surface area contributed by atoms with Crippen LogP contribution in [0.3, 0.4) is 0 Å². The van der Waals surface area contributed by atoms with Gasteiger partial charge >= 0.3 is 0 Å². The molecule has 0 saturated carbocycles. The van der Waals surface area contributed by atoms with Crippen LogP contribution in [0.4, 0.5) is 5.82 Å². The molecule has 0 aliphatic carbocycles. The van der Waals surface area contributed by atoms with Crippen LogP contribution < -0.4 is 11.3 Å². The highest BCUT2D eigenvalue weighted by Crippen LogP contribution is 2.24. The Morgan fingerprint density at radius 2 is 1.96 bits per heavy atom. The molecule has 25 heavy (non-hydrogen) atoms. The first-order valence-corrected chi connectivity index (χ1v) is 7.81. The van der Waals surface area contributed by atoms with Gasteiger partial charge in [0.25, 0.3) is 5.56 Å². The summed E-state index contributed by atoms with van der Waals surface area (Å²) >= 11 is 0. The first-order valence-electron chi connectivity index (χ1n) is 7.81. The molecule has 4 rings (SSSR count). The van der Waals surface area contributed by atoms with E-state index in [1.54, 1.807) is 35.5 Å². The minimum Gasteiger partial charge on any atom is -0.384 e. The van der Waals surface area contributed by atoms with E-state index in [0.29, 0.717) is 17.8 Å². The third kappa shape index (κ3) is 2.45. The summed E-state index contributed by atoms with van der Waals surface area (Å²) in [5, 5.41) is 5.18. The number of benzene rings is 1. The van der Waals surface area contributed by atoms with Crippen molar-refractivity contribution in [3.8, 4) is 11.1 Å². The lowest BCUT2D eigenvalue weighted by Gasteiger charge is -2.08. The quantitative estimate of drug-likeness (QED) is 0.618. The monoisotopic (exact) mass is 335 g/mol. The van der Waals surface area contributed by atoms with Gasteiger partial charge in [-0.2, -0.15) is 5.10 Å². The van der Waals surface area contributed by atoms with Gasteiger partial charge in [-0.3, -0.25) is 9.36 Å². The number of methoxy groups -OCH3 is 1. The summed E-state index contributed by atoms with van der Waals surface area (Å²) in [4.78, 5) is 16.8. The van der Waals surface area contributed by atoms with Crippen molar-refractivity contribution in [2.24, 2.45) is 7.05 Å². The summed E-state index contributed by atoms with van der Waals surface area (Å²) in [6.45, 7) is 0.388. The lowest BCUT2D eigenvalue weighted by Crippen LogP contribution is -2.19. The fourth-order valence-corrected chi connectivity index (χ4v) is 2.98. The van der Waals surface area contributed by atoms with Gasteiger partial charge in [0.2, 0.25) is 0 Å². The van der Waals surface area contributed by atoms with Crippen LogP contribution in [0.5, 0.6) is 0 Å². The van der Waals surface area contributed by atoms with Gasteiger partial charge in [0.15, 0.2) is 0 Å². The highest BCUT2D eigenvalue weighted by molar-refractivity contribution is 5.85. The van der Waals surface area contributed by atoms with Crippen LogP contribution in [0.15, 0.2) is 47.4 Å². The van der Waals surface area contributed by atoms with Gasteiger partial charge in [-0.25, -0.2) is 9.50 Å². The second-order valence-corrected chi connectivity index (χ2v) is 5.91. The van der Waals surface area contributed by atoms with Crippen molar-refractivity contribution in [1.82, 2.24) is 19.2 Å². The zero-order valence-electron chi connectivity index (χ0n) is 13.9. The molecule has 0 bridgehead atoms. The molecule has 0 atom stereocenters. The number of hydrogen-bond donors (Lipinski definition) is 1. The molecule has 3 aromatic heterocycles. The lowest BCUT2D eigenvalue weighted by molar-refractivity contribution is 0.181. The number of fused-ring (bicyclic) bond motifs is 3. The van der Waals surface area contributed by atoms with Crippen LogP contribution in [0.25, 0.3) is 27.7 Å². The van der Waals surface area contributed by atoms with E-state index in [9.17, 15) is 4.79 Å². The number of nitrogens with zero attached hydrogens (tertiary/aromatic N) is 4. The SMILES string of the molecule is COCc1cc2n(C)c(=O)c3ccc(-c4ccc(N)nc4)cc3n2n1. The third-order valence-electron chi connectivity index (χ3n) is 4.26. The Hall–Kier alpha value is -3.19. The van der Waals surface area contributed by atoms with Gasteiger partial charge in [-0.05, 0) is 29.8 Å². The number of pyridine rings is 1. The van der Waals surface area contributed by atoms with Crippen LogP contribution in [-0.2, 0) is 18.4 Å². The van der Waals surface area contributed by atoms with Crippen molar-refractivity contribution in [3.63, 3.8) is 0 Å². The van der Waals surface area contributed by atoms with Crippen molar-refractivity contribution in [2.45, 2.75) is 6.61 Å². The Labute approximate surface area is 143 Å². The van der Waals surface area contributed by atoms with E-state index in [-0.39, 0.29) is 5.56 Å². The Bertz CT molecular complexity index is 1140. The van der Waals surface area contributed by atoms with E-state index in [1.165, 1.54) is 0 Å². The highest BCUT2D eigenvalue weighted by atomic mass is 16.5. The zero-order chi connectivity index (χ0) is 17.6. The largest absolute Gasteiger partial charge is 0.384 e. The molecule has 0 radical (unpaired) electrons. The van der Waals surface area contributed by atoms with Crippen molar-refractivity contribution < 1.29 is 4.74 Å². The number of nitrogen functional groups attached to an aromatic ring is 1. The molecule has 7 heteroatoms. The molecule has 4 aromatic rings. The molecule has 126 valence electrons. The summed E-state index contributed by atoms with van der Waals surface area (Å²) in [7, 11) is 3.36. The van der Waals surface area contributed by atoms with Crippen LogP contribution in [0, 0.1) is 0 Å². The van der Waals surface area contributed by atoms with Gasteiger partial charge in [0.1, 0.15) is 11.5 Å². The molecule has 0 spiro atoms. The predicted molar refractivity (Wildman–Crippen MR) is 96.3 cm³/mol. The predicted octanol–water partition coefficient (Wildman–Crippen LogP) is 1.98. The molecule has 0 amide bonds. The van der Waals surface area contributed by atoms with Gasteiger partial charge in [0.05, 0.1) is 23.2 Å². The number of ether oxygens (including phenoxy) is 1. The van der Waals surface area contributed by atoms with Crippen molar-refractivity contribution in [1.29, 1.82) is 0 Å². The normalized spacial score (nSPS) is 11.4. The summed E-state index contributed by atoms with van der Waals surface area (Å²) in [5.41, 5.74) is 9.70. The molecule has 0 fully saturated rings. The topological polar surface area (TPSA) is 87.4 Å². The molecule has 0 saturated heterocycles. The molecule has 1 aromatic carbocycles. The van der Waals surface area contributed by atoms with E-state index in [0.717, 1.165) is 28.0 Å². The third-order valence-corrected chi connectivity index (χ3v) is 4.26. The maximum Gasteiger partial charge on any atom is 0.261 e. The highest BCUT2D eigenvalue weighted by Gasteiger charge is 2.13. The van der Waals surface area contributed by atoms with Crippen molar-refractivity contribution in [3.05, 3.63) is 58.6 Å². The number of hydrogen-bond acceptors (Lipinski definition) is 5. The first-order chi connectivity index (χ1) is 12.1. The second-order valence-electron chi connectivity index (χ2n) is 5.91. The summed E-state index contributed by atoms with van der Waals surface area (Å²) in [6.07, 6.45) is 1.72. The maximum absolute atomic E-state index is 12.7. The average Bonchev–Trinajstić information content (AvgIpc) is 3.04. The van der Waals surface area contributed by atoms with Gasteiger partial charge in [-0.1, -0.05) is 6.07 Å². The Morgan fingerprint density at radius 1 is 1.16 bits per heavy atom. The smallest absolute Gasteiger partial charge is 0.261 e. The Balaban J connectivity index is 2.02. The number of nitrogens with two attached hydrogens (primary N) is 1. The van der Waals surface area contributed by atoms with Gasteiger partial charge < -0.3 is 10.5 Å². The fourth-order valence-electron chi connectivity index (χ4n) is 2.98. The molecule has 0 aliphatic heterocycles. The average molecular weight is 335 g/mol. The maximum atomic E-state index is 12.7. The van der Waals surface area contributed by atoms with E-state index in [1.807, 2.05) is 30.3 Å². The van der Waals surface area contributed by atoms with Gasteiger partial charge in [-0.15, -0.1) is 0 Å². The van der Waals surface area contributed by atoms with Crippen molar-refractivity contribution in [2.75, 3.05) is 12.8 Å². The molecular formula is C18H17N5O2. The summed E-state index contributed by atoms with van der Waals surface area (Å²) in [5.74, 6) is 0.470. The molecule has 3 heterocycles. The molecule has 0 unspecified atom stereocenters. The van der Waals surface area contributed by atoms with E-state index >= 15 is 0 Å². The lowest BCUT2D eigenvalue weighted by atomic mass is 10.1. The fraction of sp³-hybridized carbons (Fsp3) is 0.167. The van der Waals surface area contributed by atoms with E-state index in [2.05, 4.69) is 10.1 Å². The Morgan fingerprint density at radius 3 is 2.68 bits per heavy atom. The molecular weight excluding hydrogens is 318 g/mol. The summed E-state index contributed by atoms with van der Waals surface area (Å²) in [6, 6.07) is 11.2. The molecule has 0 aliphatic rings. The van der Waals surface area contributed by atoms with Crippen LogP contribution >= 0.6 is 0 Å². The number of anilines is 1. The van der Waals surface area contributed by atoms with E-state index in [4.69, 9.17) is 10.5 Å². The number of rotatable bonds is 3. The summed E-state index contributed by atoms with van der Waals surface area (Å²) < 4.78 is 8.53. The van der Waals surface area contributed by atoms with Crippen LogP contribution in [-0.4, -0.2) is 26.3 Å². The van der Waals surface area contributed by atoms with Crippen LogP contribution in [0.2, 0.25) is 0 Å². The number of aromatic nitrogens is 4. The van der Waals surface area contributed by atoms with Gasteiger partial charge in [0, 0.05) is 32.0 Å². The first kappa shape index (κ1) is 15.3. The standard InChI is InChI=1S/C18H17N5O2/c1-22-17-8-13(10-25-2)21-23(17)15-7-11(3-5-14(15)18(22)24)12-4-6-16(19)20-9-12/h3-9H,10H2,1-2H3,(H2,19,20). The molecule has 7 nitrogen and oxygen atoms in total. The van der Waals surface area contributed by atoms with Crippen LogP contribution in [0.1, 0.15) is 5.69 Å². The van der Waals surface area contributed by atoms with Crippen molar-refractivity contribution >= 4 is 22.4 Å². The minimum atomic E-state index is -0.0617. The minimum absolute atomic E-state index is 0.0617. The number of aryl methyl sites for hydroxylation is 1. The van der Waals surface area contributed by atoms with E-state index < -0.39 is 0 Å². The molecule has 2 N–H and O–H groups in total. The Kier molecular flexibility index (Phi) is 3.51. The zero-order valence-corrected chi connectivity index (χ0v) is 13.9. The second kappa shape index (κ2) is 5.71.